The first-order valence-corrected chi connectivity index (χ1v) is 10.3. The van der Waals surface area contributed by atoms with Crippen LogP contribution in [-0.2, 0) is 0 Å². The molecule has 3 heterocycles. The van der Waals surface area contributed by atoms with E-state index in [1.807, 2.05) is 19.9 Å². The van der Waals surface area contributed by atoms with E-state index in [0.717, 1.165) is 11.1 Å². The first-order valence-electron chi connectivity index (χ1n) is 9.95. The summed E-state index contributed by atoms with van der Waals surface area (Å²) in [6.07, 6.45) is 3.32. The van der Waals surface area contributed by atoms with Crippen LogP contribution in [0.25, 0.3) is 16.6 Å². The van der Waals surface area contributed by atoms with E-state index in [-0.39, 0.29) is 28.7 Å². The van der Waals surface area contributed by atoms with Crippen LogP contribution < -0.4 is 22.3 Å². The molecule has 0 radical (unpaired) electrons. The van der Waals surface area contributed by atoms with Crippen LogP contribution in [0.4, 0.5) is 17.6 Å². The van der Waals surface area contributed by atoms with E-state index in [1.54, 1.807) is 37.5 Å². The van der Waals surface area contributed by atoms with Crippen molar-refractivity contribution in [1.29, 1.82) is 5.26 Å². The summed E-state index contributed by atoms with van der Waals surface area (Å²) in [6, 6.07) is 6.46. The third-order valence-electron chi connectivity index (χ3n) is 5.36. The maximum absolute atomic E-state index is 13.7. The third kappa shape index (κ3) is 3.79. The van der Waals surface area contributed by atoms with Crippen LogP contribution in [0, 0.1) is 25.2 Å². The molecule has 0 bridgehead atoms. The van der Waals surface area contributed by atoms with Crippen molar-refractivity contribution in [3.63, 3.8) is 0 Å². The van der Waals surface area contributed by atoms with Crippen LogP contribution >= 0.6 is 11.6 Å². The van der Waals surface area contributed by atoms with E-state index >= 15 is 0 Å². The molecule has 0 saturated heterocycles. The fourth-order valence-electron chi connectivity index (χ4n) is 3.55. The number of hydrogen-bond donors (Lipinski definition) is 3. The Bertz CT molecular complexity index is 1510. The van der Waals surface area contributed by atoms with Crippen LogP contribution in [0.2, 0.25) is 5.02 Å². The summed E-state index contributed by atoms with van der Waals surface area (Å²) < 4.78 is 1.47. The molecule has 0 spiro atoms. The van der Waals surface area contributed by atoms with Gasteiger partial charge in [0.25, 0.3) is 5.56 Å². The van der Waals surface area contributed by atoms with E-state index in [4.69, 9.17) is 28.1 Å². The zero-order valence-corrected chi connectivity index (χ0v) is 18.8. The standard InChI is InChI=1S/C22H20ClN9O/c1-10-8-27-9-16(11(10)2)32-20(29-15-6-4-5-14(23)17(15)21(32)33)12(3)28-19-13(7-24)18(25)30-22(26)31-19/h4-6,8-9,12H,1-3H3,(H5,25,26,28,30,31)/t12-/m0/s1. The molecule has 1 aromatic carbocycles. The molecule has 1 atom stereocenters. The van der Waals surface area contributed by atoms with Gasteiger partial charge >= 0.3 is 0 Å². The van der Waals surface area contributed by atoms with Crippen LogP contribution in [-0.4, -0.2) is 24.5 Å². The lowest BCUT2D eigenvalue weighted by molar-refractivity contribution is 0.727. The number of rotatable bonds is 4. The van der Waals surface area contributed by atoms with Crippen LogP contribution in [0.1, 0.15) is 35.5 Å². The molecule has 4 rings (SSSR count). The van der Waals surface area contributed by atoms with Crippen molar-refractivity contribution in [1.82, 2.24) is 24.5 Å². The number of nitrogens with one attached hydrogen (secondary N) is 1. The van der Waals surface area contributed by atoms with Gasteiger partial charge in [-0.25, -0.2) is 4.98 Å². The zero-order valence-electron chi connectivity index (χ0n) is 18.1. The summed E-state index contributed by atoms with van der Waals surface area (Å²) in [5.41, 5.74) is 14.0. The van der Waals surface area contributed by atoms with Gasteiger partial charge in [-0.3, -0.25) is 14.3 Å². The van der Waals surface area contributed by atoms with Crippen molar-refractivity contribution in [2.75, 3.05) is 16.8 Å². The number of benzene rings is 1. The second kappa shape index (κ2) is 8.37. The van der Waals surface area contributed by atoms with Gasteiger partial charge in [-0.2, -0.15) is 15.2 Å². The largest absolute Gasteiger partial charge is 0.382 e. The van der Waals surface area contributed by atoms with Gasteiger partial charge in [-0.05, 0) is 44.0 Å². The summed E-state index contributed by atoms with van der Waals surface area (Å²) in [5, 5.41) is 13.2. The van der Waals surface area contributed by atoms with Crippen LogP contribution in [0.3, 0.4) is 0 Å². The number of fused-ring (bicyclic) bond motifs is 1. The van der Waals surface area contributed by atoms with E-state index in [0.29, 0.717) is 27.4 Å². The normalized spacial score (nSPS) is 11.8. The average molecular weight is 462 g/mol. The number of nitrogens with zero attached hydrogens (tertiary/aromatic N) is 6. The van der Waals surface area contributed by atoms with Crippen LogP contribution in [0.15, 0.2) is 35.4 Å². The summed E-state index contributed by atoms with van der Waals surface area (Å²) in [6.45, 7) is 5.59. The highest BCUT2D eigenvalue weighted by Crippen LogP contribution is 2.27. The third-order valence-corrected chi connectivity index (χ3v) is 5.68. The molecule has 0 saturated carbocycles. The highest BCUT2D eigenvalue weighted by Gasteiger charge is 2.23. The van der Waals surface area contributed by atoms with Gasteiger partial charge in [-0.1, -0.05) is 17.7 Å². The lowest BCUT2D eigenvalue weighted by Crippen LogP contribution is -2.28. The number of nitrogen functional groups attached to an aromatic ring is 2. The predicted octanol–water partition coefficient (Wildman–Crippen LogP) is 3.05. The molecule has 3 aromatic heterocycles. The number of nitriles is 1. The molecule has 4 aromatic rings. The van der Waals surface area contributed by atoms with E-state index < -0.39 is 6.04 Å². The SMILES string of the molecule is Cc1cncc(-n2c([C@H](C)Nc3nc(N)nc(N)c3C#N)nc3cccc(Cl)c3c2=O)c1C. The summed E-state index contributed by atoms with van der Waals surface area (Å²) in [7, 11) is 0. The Hall–Kier alpha value is -4.23. The Morgan fingerprint density at radius 2 is 1.94 bits per heavy atom. The second-order valence-corrected chi connectivity index (χ2v) is 7.92. The molecule has 0 unspecified atom stereocenters. The Balaban J connectivity index is 1.99. The summed E-state index contributed by atoms with van der Waals surface area (Å²) >= 11 is 6.36. The van der Waals surface area contributed by atoms with Gasteiger partial charge in [0, 0.05) is 6.20 Å². The Morgan fingerprint density at radius 1 is 1.18 bits per heavy atom. The minimum Gasteiger partial charge on any atom is -0.382 e. The second-order valence-electron chi connectivity index (χ2n) is 7.51. The Morgan fingerprint density at radius 3 is 2.67 bits per heavy atom. The first-order chi connectivity index (χ1) is 15.7. The van der Waals surface area contributed by atoms with E-state index in [1.165, 1.54) is 4.57 Å². The van der Waals surface area contributed by atoms with Gasteiger partial charge in [0.2, 0.25) is 5.95 Å². The lowest BCUT2D eigenvalue weighted by Gasteiger charge is -2.22. The van der Waals surface area contributed by atoms with Crippen molar-refractivity contribution in [2.24, 2.45) is 0 Å². The fraction of sp³-hybridized carbons (Fsp3) is 0.182. The molecule has 166 valence electrons. The number of anilines is 3. The molecular formula is C22H20ClN9O. The number of halogens is 1. The Labute approximate surface area is 193 Å². The van der Waals surface area contributed by atoms with Crippen molar-refractivity contribution in [3.8, 4) is 11.8 Å². The first kappa shape index (κ1) is 22.0. The van der Waals surface area contributed by atoms with Crippen LogP contribution in [0.5, 0.6) is 0 Å². The maximum Gasteiger partial charge on any atom is 0.267 e. The number of hydrogen-bond acceptors (Lipinski definition) is 9. The van der Waals surface area contributed by atoms with Gasteiger partial charge in [-0.15, -0.1) is 0 Å². The molecule has 10 nitrogen and oxygen atoms in total. The fourth-order valence-corrected chi connectivity index (χ4v) is 3.80. The van der Waals surface area contributed by atoms with Gasteiger partial charge < -0.3 is 16.8 Å². The van der Waals surface area contributed by atoms with E-state index in [2.05, 4.69) is 20.3 Å². The molecule has 5 N–H and O–H groups in total. The average Bonchev–Trinajstić information content (AvgIpc) is 2.75. The van der Waals surface area contributed by atoms with E-state index in [9.17, 15) is 10.1 Å². The lowest BCUT2D eigenvalue weighted by atomic mass is 10.1. The predicted molar refractivity (Wildman–Crippen MR) is 127 cm³/mol. The summed E-state index contributed by atoms with van der Waals surface area (Å²) in [4.78, 5) is 30.6. The monoisotopic (exact) mass is 461 g/mol. The molecule has 0 aliphatic rings. The topological polar surface area (TPSA) is 161 Å². The minimum atomic E-state index is -0.596. The van der Waals surface area contributed by atoms with Gasteiger partial charge in [0.05, 0.1) is 33.9 Å². The molecule has 0 aliphatic heterocycles. The highest BCUT2D eigenvalue weighted by molar-refractivity contribution is 6.35. The smallest absolute Gasteiger partial charge is 0.267 e. The van der Waals surface area contributed by atoms with Crippen molar-refractivity contribution >= 4 is 40.1 Å². The van der Waals surface area contributed by atoms with Crippen molar-refractivity contribution < 1.29 is 0 Å². The number of aromatic nitrogens is 5. The molecule has 0 fully saturated rings. The van der Waals surface area contributed by atoms with Gasteiger partial charge in [0.1, 0.15) is 23.3 Å². The molecular weight excluding hydrogens is 442 g/mol. The zero-order chi connectivity index (χ0) is 23.9. The minimum absolute atomic E-state index is 0.0437. The molecule has 33 heavy (non-hydrogen) atoms. The maximum atomic E-state index is 13.7. The molecule has 0 amide bonds. The number of pyridine rings is 1. The molecule has 11 heteroatoms. The number of nitrogens with two attached hydrogens (primary N) is 2. The summed E-state index contributed by atoms with van der Waals surface area (Å²) in [5.74, 6) is 0.371. The van der Waals surface area contributed by atoms with Gasteiger partial charge in [0.15, 0.2) is 5.82 Å². The molecule has 0 aliphatic carbocycles. The quantitative estimate of drug-likeness (QED) is 0.414. The highest BCUT2D eigenvalue weighted by atomic mass is 35.5. The number of aryl methyl sites for hydroxylation is 1. The van der Waals surface area contributed by atoms with Crippen molar-refractivity contribution in [3.05, 3.63) is 68.5 Å². The Kier molecular flexibility index (Phi) is 5.57. The van der Waals surface area contributed by atoms with Crippen molar-refractivity contribution in [2.45, 2.75) is 26.8 Å².